The smallest absolute Gasteiger partial charge is 0.241 e. The van der Waals surface area contributed by atoms with Gasteiger partial charge < -0.3 is 4.90 Å². The SMILES string of the molecule is Cc1ccc(S(=O)(=O)NC2CCCN(c3ncccn3)C2)c2cccnc12. The number of fused-ring (bicyclic) bond motifs is 1. The Bertz CT molecular complexity index is 1060. The van der Waals surface area contributed by atoms with Crippen molar-refractivity contribution in [3.05, 3.63) is 54.5 Å². The van der Waals surface area contributed by atoms with Gasteiger partial charge in [0.1, 0.15) is 0 Å². The number of nitrogens with zero attached hydrogens (tertiary/aromatic N) is 4. The fraction of sp³-hybridized carbons (Fsp3) is 0.316. The highest BCUT2D eigenvalue weighted by atomic mass is 32.2. The van der Waals surface area contributed by atoms with Crippen LogP contribution in [-0.2, 0) is 10.0 Å². The summed E-state index contributed by atoms with van der Waals surface area (Å²) >= 11 is 0. The Kier molecular flexibility index (Phi) is 4.75. The lowest BCUT2D eigenvalue weighted by Crippen LogP contribution is -2.48. The summed E-state index contributed by atoms with van der Waals surface area (Å²) in [6, 6.07) is 8.59. The van der Waals surface area contributed by atoms with Crippen LogP contribution in [0.25, 0.3) is 10.9 Å². The average molecular weight is 383 g/mol. The minimum absolute atomic E-state index is 0.194. The van der Waals surface area contributed by atoms with E-state index >= 15 is 0 Å². The zero-order chi connectivity index (χ0) is 18.9. The van der Waals surface area contributed by atoms with Crippen LogP contribution in [0.4, 0.5) is 5.95 Å². The molecule has 0 amide bonds. The quantitative estimate of drug-likeness (QED) is 0.744. The summed E-state index contributed by atoms with van der Waals surface area (Å²) in [5, 5.41) is 0.643. The highest BCUT2D eigenvalue weighted by Crippen LogP contribution is 2.25. The van der Waals surface area contributed by atoms with Gasteiger partial charge in [-0.25, -0.2) is 23.1 Å². The van der Waals surface area contributed by atoms with Crippen LogP contribution in [-0.4, -0.2) is 42.5 Å². The van der Waals surface area contributed by atoms with Gasteiger partial charge in [0.05, 0.1) is 10.4 Å². The molecule has 1 aromatic carbocycles. The third-order valence-electron chi connectivity index (χ3n) is 4.80. The van der Waals surface area contributed by atoms with Crippen LogP contribution in [0.1, 0.15) is 18.4 Å². The second-order valence-electron chi connectivity index (χ2n) is 6.74. The zero-order valence-corrected chi connectivity index (χ0v) is 15.9. The van der Waals surface area contributed by atoms with Crippen LogP contribution in [0, 0.1) is 6.92 Å². The van der Waals surface area contributed by atoms with E-state index < -0.39 is 10.0 Å². The van der Waals surface area contributed by atoms with Crippen molar-refractivity contribution in [2.24, 2.45) is 0 Å². The van der Waals surface area contributed by atoms with E-state index in [-0.39, 0.29) is 10.9 Å². The van der Waals surface area contributed by atoms with Crippen molar-refractivity contribution in [1.29, 1.82) is 0 Å². The van der Waals surface area contributed by atoms with Crippen molar-refractivity contribution in [1.82, 2.24) is 19.7 Å². The topological polar surface area (TPSA) is 88.1 Å². The Hall–Kier alpha value is -2.58. The van der Waals surface area contributed by atoms with Gasteiger partial charge in [-0.2, -0.15) is 0 Å². The number of hydrogen-bond donors (Lipinski definition) is 1. The van der Waals surface area contributed by atoms with E-state index in [0.717, 1.165) is 24.9 Å². The van der Waals surface area contributed by atoms with Gasteiger partial charge in [-0.05, 0) is 49.6 Å². The molecule has 1 unspecified atom stereocenters. The number of rotatable bonds is 4. The predicted octanol–water partition coefficient (Wildman–Crippen LogP) is 2.28. The molecule has 140 valence electrons. The van der Waals surface area contributed by atoms with Crippen molar-refractivity contribution in [3.63, 3.8) is 0 Å². The lowest BCUT2D eigenvalue weighted by atomic mass is 10.1. The second kappa shape index (κ2) is 7.21. The molecule has 0 radical (unpaired) electrons. The number of hydrogen-bond acceptors (Lipinski definition) is 6. The molecule has 0 saturated carbocycles. The maximum atomic E-state index is 13.1. The van der Waals surface area contributed by atoms with Gasteiger partial charge in [-0.3, -0.25) is 4.98 Å². The first-order valence-electron chi connectivity index (χ1n) is 8.93. The molecule has 1 aliphatic rings. The summed E-state index contributed by atoms with van der Waals surface area (Å²) in [4.78, 5) is 15.2. The van der Waals surface area contributed by atoms with E-state index in [0.29, 0.717) is 23.4 Å². The Morgan fingerprint density at radius 3 is 2.67 bits per heavy atom. The molecule has 1 fully saturated rings. The molecule has 0 spiro atoms. The Balaban J connectivity index is 1.60. The molecular formula is C19H21N5O2S. The van der Waals surface area contributed by atoms with Gasteiger partial charge in [0.15, 0.2) is 0 Å². The summed E-state index contributed by atoms with van der Waals surface area (Å²) in [5.41, 5.74) is 1.66. The molecule has 27 heavy (non-hydrogen) atoms. The van der Waals surface area contributed by atoms with Crippen LogP contribution in [0.2, 0.25) is 0 Å². The summed E-state index contributed by atoms with van der Waals surface area (Å²) in [6.45, 7) is 3.29. The largest absolute Gasteiger partial charge is 0.339 e. The van der Waals surface area contributed by atoms with Crippen LogP contribution < -0.4 is 9.62 Å². The number of benzene rings is 1. The lowest BCUT2D eigenvalue weighted by Gasteiger charge is -2.33. The molecule has 2 aromatic heterocycles. The number of sulfonamides is 1. The van der Waals surface area contributed by atoms with E-state index in [1.165, 1.54) is 0 Å². The van der Waals surface area contributed by atoms with Crippen LogP contribution in [0.3, 0.4) is 0 Å². The van der Waals surface area contributed by atoms with E-state index in [2.05, 4.69) is 19.7 Å². The van der Waals surface area contributed by atoms with Gasteiger partial charge >= 0.3 is 0 Å². The zero-order valence-electron chi connectivity index (χ0n) is 15.0. The van der Waals surface area contributed by atoms with Crippen molar-refractivity contribution in [2.45, 2.75) is 30.7 Å². The summed E-state index contributed by atoms with van der Waals surface area (Å²) < 4.78 is 29.0. The third kappa shape index (κ3) is 3.63. The van der Waals surface area contributed by atoms with Gasteiger partial charge in [0, 0.05) is 43.1 Å². The lowest BCUT2D eigenvalue weighted by molar-refractivity contribution is 0.462. The summed E-state index contributed by atoms with van der Waals surface area (Å²) in [6.07, 6.45) is 6.73. The molecule has 1 saturated heterocycles. The molecule has 7 nitrogen and oxygen atoms in total. The first-order valence-corrected chi connectivity index (χ1v) is 10.4. The first-order chi connectivity index (χ1) is 13.0. The molecule has 0 aliphatic carbocycles. The van der Waals surface area contributed by atoms with Crippen molar-refractivity contribution < 1.29 is 8.42 Å². The van der Waals surface area contributed by atoms with Gasteiger partial charge in [0.25, 0.3) is 0 Å². The highest BCUT2D eigenvalue weighted by Gasteiger charge is 2.27. The standard InChI is InChI=1S/C19H21N5O2S/c1-14-7-8-17(16-6-2-9-20-18(14)16)27(25,26)23-15-5-3-12-24(13-15)19-21-10-4-11-22-19/h2,4,6-11,15,23H,3,5,12-13H2,1H3. The fourth-order valence-corrected chi connectivity index (χ4v) is 4.97. The molecule has 1 atom stereocenters. The average Bonchev–Trinajstić information content (AvgIpc) is 2.69. The molecule has 1 N–H and O–H groups in total. The summed E-state index contributed by atoms with van der Waals surface area (Å²) in [5.74, 6) is 0.631. The Morgan fingerprint density at radius 1 is 1.07 bits per heavy atom. The molecule has 4 rings (SSSR count). The molecule has 1 aliphatic heterocycles. The van der Waals surface area contributed by atoms with Gasteiger partial charge in [-0.1, -0.05) is 6.07 Å². The van der Waals surface area contributed by atoms with Crippen LogP contribution in [0.5, 0.6) is 0 Å². The number of aryl methyl sites for hydroxylation is 1. The van der Waals surface area contributed by atoms with E-state index in [1.807, 2.05) is 11.8 Å². The number of pyridine rings is 1. The van der Waals surface area contributed by atoms with Crippen LogP contribution >= 0.6 is 0 Å². The van der Waals surface area contributed by atoms with E-state index in [1.54, 1.807) is 48.9 Å². The first kappa shape index (κ1) is 17.8. The normalized spacial score (nSPS) is 18.0. The summed E-state index contributed by atoms with van der Waals surface area (Å²) in [7, 11) is -3.67. The molecule has 0 bridgehead atoms. The van der Waals surface area contributed by atoms with Crippen molar-refractivity contribution in [2.75, 3.05) is 18.0 Å². The van der Waals surface area contributed by atoms with E-state index in [4.69, 9.17) is 0 Å². The molecule has 8 heteroatoms. The molecule has 3 heterocycles. The predicted molar refractivity (Wildman–Crippen MR) is 104 cm³/mol. The van der Waals surface area contributed by atoms with Crippen molar-refractivity contribution >= 4 is 26.9 Å². The van der Waals surface area contributed by atoms with Crippen LogP contribution in [0.15, 0.2) is 53.8 Å². The number of anilines is 1. The molecular weight excluding hydrogens is 362 g/mol. The number of piperidine rings is 1. The highest BCUT2D eigenvalue weighted by molar-refractivity contribution is 7.89. The monoisotopic (exact) mass is 383 g/mol. The van der Waals surface area contributed by atoms with Gasteiger partial charge in [0.2, 0.25) is 16.0 Å². The Labute approximate surface area is 158 Å². The fourth-order valence-electron chi connectivity index (χ4n) is 3.51. The minimum atomic E-state index is -3.67. The minimum Gasteiger partial charge on any atom is -0.339 e. The van der Waals surface area contributed by atoms with Gasteiger partial charge in [-0.15, -0.1) is 0 Å². The molecule has 3 aromatic rings. The number of aromatic nitrogens is 3. The second-order valence-corrected chi connectivity index (χ2v) is 8.42. The van der Waals surface area contributed by atoms with Crippen molar-refractivity contribution in [3.8, 4) is 0 Å². The maximum Gasteiger partial charge on any atom is 0.241 e. The maximum absolute atomic E-state index is 13.1. The van der Waals surface area contributed by atoms with E-state index in [9.17, 15) is 8.42 Å². The number of nitrogens with one attached hydrogen (secondary N) is 1. The Morgan fingerprint density at radius 2 is 1.85 bits per heavy atom. The third-order valence-corrected chi connectivity index (χ3v) is 6.38.